The lowest BCUT2D eigenvalue weighted by Gasteiger charge is -2.05. The van der Waals surface area contributed by atoms with Gasteiger partial charge in [0.15, 0.2) is 0 Å². The summed E-state index contributed by atoms with van der Waals surface area (Å²) in [6, 6.07) is 7.08. The van der Waals surface area contributed by atoms with Gasteiger partial charge in [0.2, 0.25) is 0 Å². The number of phenols is 1. The highest BCUT2D eigenvalue weighted by atomic mass is 16.5. The molecule has 1 aliphatic rings. The summed E-state index contributed by atoms with van der Waals surface area (Å²) in [7, 11) is 0. The molecule has 3 rings (SSSR count). The van der Waals surface area contributed by atoms with Crippen LogP contribution in [0.5, 0.6) is 5.75 Å². The Balaban J connectivity index is 2.17. The van der Waals surface area contributed by atoms with Crippen LogP contribution < -0.4 is 0 Å². The van der Waals surface area contributed by atoms with Crippen LogP contribution in [0.1, 0.15) is 17.0 Å². The lowest BCUT2D eigenvalue weighted by molar-refractivity contribution is 0.130. The molecule has 0 aliphatic carbocycles. The number of rotatable bonds is 1. The summed E-state index contributed by atoms with van der Waals surface area (Å²) >= 11 is 0. The Bertz CT molecular complexity index is 546. The Morgan fingerprint density at radius 3 is 3.06 bits per heavy atom. The molecule has 4 heteroatoms. The molecule has 1 aliphatic heterocycles. The van der Waals surface area contributed by atoms with E-state index in [4.69, 9.17) is 4.74 Å². The first-order valence-corrected chi connectivity index (χ1v) is 5.20. The van der Waals surface area contributed by atoms with Gasteiger partial charge in [0, 0.05) is 11.6 Å². The van der Waals surface area contributed by atoms with Gasteiger partial charge in [-0.1, -0.05) is 6.07 Å². The molecule has 16 heavy (non-hydrogen) atoms. The molecule has 0 saturated carbocycles. The second-order valence-electron chi connectivity index (χ2n) is 3.94. The molecule has 0 atom stereocenters. The van der Waals surface area contributed by atoms with Crippen LogP contribution in [0.2, 0.25) is 0 Å². The zero-order valence-corrected chi connectivity index (χ0v) is 8.97. The summed E-state index contributed by atoms with van der Waals surface area (Å²) in [6.07, 6.45) is 0. The molecular weight excluding hydrogens is 204 g/mol. The van der Waals surface area contributed by atoms with Crippen LogP contribution in [0.15, 0.2) is 24.3 Å². The highest BCUT2D eigenvalue weighted by Crippen LogP contribution is 2.26. The third-order valence-electron chi connectivity index (χ3n) is 2.85. The third-order valence-corrected chi connectivity index (χ3v) is 2.85. The summed E-state index contributed by atoms with van der Waals surface area (Å²) in [5.74, 6) is 0.248. The highest BCUT2D eigenvalue weighted by molar-refractivity contribution is 5.42. The number of benzene rings is 1. The first kappa shape index (κ1) is 9.42. The van der Waals surface area contributed by atoms with E-state index in [-0.39, 0.29) is 5.75 Å². The van der Waals surface area contributed by atoms with Crippen molar-refractivity contribution in [1.29, 1.82) is 0 Å². The molecule has 0 spiro atoms. The zero-order valence-electron chi connectivity index (χ0n) is 8.97. The van der Waals surface area contributed by atoms with Gasteiger partial charge in [0.25, 0.3) is 0 Å². The number of fused-ring (bicyclic) bond motifs is 1. The van der Waals surface area contributed by atoms with E-state index < -0.39 is 0 Å². The van der Waals surface area contributed by atoms with E-state index in [1.165, 1.54) is 5.56 Å². The number of hydrogen-bond acceptors (Lipinski definition) is 3. The number of nitrogens with zero attached hydrogens (tertiary/aromatic N) is 2. The summed E-state index contributed by atoms with van der Waals surface area (Å²) < 4.78 is 7.25. The van der Waals surface area contributed by atoms with E-state index in [0.29, 0.717) is 13.2 Å². The summed E-state index contributed by atoms with van der Waals surface area (Å²) in [4.78, 5) is 0. The van der Waals surface area contributed by atoms with Gasteiger partial charge in [-0.25, -0.2) is 4.68 Å². The monoisotopic (exact) mass is 216 g/mol. The average Bonchev–Trinajstić information content (AvgIpc) is 2.83. The maximum absolute atomic E-state index is 9.46. The van der Waals surface area contributed by atoms with Gasteiger partial charge >= 0.3 is 0 Å². The molecule has 1 aromatic carbocycles. The van der Waals surface area contributed by atoms with Crippen LogP contribution in [-0.4, -0.2) is 14.9 Å². The van der Waals surface area contributed by atoms with E-state index in [1.807, 2.05) is 23.7 Å². The first-order valence-electron chi connectivity index (χ1n) is 5.20. The average molecular weight is 216 g/mol. The van der Waals surface area contributed by atoms with Crippen molar-refractivity contribution in [2.75, 3.05) is 0 Å². The van der Waals surface area contributed by atoms with Crippen molar-refractivity contribution in [2.24, 2.45) is 0 Å². The van der Waals surface area contributed by atoms with Crippen LogP contribution >= 0.6 is 0 Å². The maximum atomic E-state index is 9.46. The smallest absolute Gasteiger partial charge is 0.117 e. The Labute approximate surface area is 93.1 Å². The van der Waals surface area contributed by atoms with Crippen LogP contribution in [0.25, 0.3) is 5.69 Å². The van der Waals surface area contributed by atoms with Crippen molar-refractivity contribution in [2.45, 2.75) is 20.1 Å². The predicted octanol–water partition coefficient (Wildman–Crippen LogP) is 1.92. The van der Waals surface area contributed by atoms with Gasteiger partial charge in [-0.15, -0.1) is 0 Å². The second kappa shape index (κ2) is 3.35. The van der Waals surface area contributed by atoms with Gasteiger partial charge in [-0.3, -0.25) is 0 Å². The topological polar surface area (TPSA) is 47.3 Å². The minimum Gasteiger partial charge on any atom is -0.508 e. The molecule has 82 valence electrons. The van der Waals surface area contributed by atoms with Gasteiger partial charge in [-0.2, -0.15) is 5.10 Å². The van der Waals surface area contributed by atoms with Gasteiger partial charge in [-0.05, 0) is 19.1 Å². The molecule has 0 saturated heterocycles. The molecule has 0 unspecified atom stereocenters. The quantitative estimate of drug-likeness (QED) is 0.792. The number of ether oxygens (including phenoxy) is 1. The maximum Gasteiger partial charge on any atom is 0.117 e. The normalized spacial score (nSPS) is 14.1. The largest absolute Gasteiger partial charge is 0.508 e. The Hall–Kier alpha value is -1.81. The van der Waals surface area contributed by atoms with Gasteiger partial charge < -0.3 is 9.84 Å². The van der Waals surface area contributed by atoms with E-state index in [0.717, 1.165) is 17.1 Å². The minimum atomic E-state index is 0.248. The van der Waals surface area contributed by atoms with Crippen molar-refractivity contribution >= 4 is 0 Å². The second-order valence-corrected chi connectivity index (χ2v) is 3.94. The molecule has 2 heterocycles. The van der Waals surface area contributed by atoms with Gasteiger partial charge in [0.05, 0.1) is 30.3 Å². The molecule has 2 aromatic rings. The lowest BCUT2D eigenvalue weighted by atomic mass is 10.2. The third kappa shape index (κ3) is 1.31. The number of aryl methyl sites for hydroxylation is 1. The van der Waals surface area contributed by atoms with Crippen molar-refractivity contribution in [3.05, 3.63) is 41.2 Å². The number of aromatic nitrogens is 2. The fourth-order valence-corrected chi connectivity index (χ4v) is 2.03. The number of phenolic OH excluding ortho intramolecular Hbond substituents is 1. The van der Waals surface area contributed by atoms with E-state index in [1.54, 1.807) is 12.1 Å². The zero-order chi connectivity index (χ0) is 11.1. The number of hydrogen-bond donors (Lipinski definition) is 1. The van der Waals surface area contributed by atoms with Crippen molar-refractivity contribution in [3.63, 3.8) is 0 Å². The standard InChI is InChI=1S/C12H12N2O2/c1-8-11-6-16-7-12(11)14(13-8)9-3-2-4-10(15)5-9/h2-5,15H,6-7H2,1H3. The van der Waals surface area contributed by atoms with Gasteiger partial charge in [0.1, 0.15) is 5.75 Å². The Morgan fingerprint density at radius 1 is 1.38 bits per heavy atom. The summed E-state index contributed by atoms with van der Waals surface area (Å²) in [6.45, 7) is 3.21. The predicted molar refractivity (Wildman–Crippen MR) is 58.5 cm³/mol. The van der Waals surface area contributed by atoms with Crippen molar-refractivity contribution in [1.82, 2.24) is 9.78 Å². The highest BCUT2D eigenvalue weighted by Gasteiger charge is 2.21. The lowest BCUT2D eigenvalue weighted by Crippen LogP contribution is -2.01. The SMILES string of the molecule is Cc1nn(-c2cccc(O)c2)c2c1COC2. The molecular formula is C12H12N2O2. The fourth-order valence-electron chi connectivity index (χ4n) is 2.03. The molecule has 1 N–H and O–H groups in total. The summed E-state index contributed by atoms with van der Waals surface area (Å²) in [5.41, 5.74) is 4.12. The Kier molecular flexibility index (Phi) is 1.97. The summed E-state index contributed by atoms with van der Waals surface area (Å²) in [5, 5.41) is 13.9. The molecule has 0 fully saturated rings. The molecule has 0 amide bonds. The molecule has 0 bridgehead atoms. The van der Waals surface area contributed by atoms with Crippen LogP contribution in [0.3, 0.4) is 0 Å². The Morgan fingerprint density at radius 2 is 2.25 bits per heavy atom. The van der Waals surface area contributed by atoms with E-state index in [9.17, 15) is 5.11 Å². The van der Waals surface area contributed by atoms with Crippen LogP contribution in [0.4, 0.5) is 0 Å². The van der Waals surface area contributed by atoms with Crippen LogP contribution in [0, 0.1) is 6.92 Å². The van der Waals surface area contributed by atoms with Crippen molar-refractivity contribution < 1.29 is 9.84 Å². The fraction of sp³-hybridized carbons (Fsp3) is 0.250. The van der Waals surface area contributed by atoms with Crippen LogP contribution in [-0.2, 0) is 18.0 Å². The number of aromatic hydroxyl groups is 1. The van der Waals surface area contributed by atoms with Crippen molar-refractivity contribution in [3.8, 4) is 11.4 Å². The molecule has 1 aromatic heterocycles. The van der Waals surface area contributed by atoms with E-state index in [2.05, 4.69) is 5.10 Å². The molecule has 4 nitrogen and oxygen atoms in total. The minimum absolute atomic E-state index is 0.248. The first-order chi connectivity index (χ1) is 7.75. The van der Waals surface area contributed by atoms with E-state index >= 15 is 0 Å². The molecule has 0 radical (unpaired) electrons.